The number of aliphatic hydroxyl groups excluding tert-OH is 1. The van der Waals surface area contributed by atoms with Crippen LogP contribution in [0.1, 0.15) is 37.8 Å². The average molecular weight is 312 g/mol. The van der Waals surface area contributed by atoms with Crippen molar-refractivity contribution in [2.75, 3.05) is 18.9 Å². The van der Waals surface area contributed by atoms with Gasteiger partial charge in [-0.25, -0.2) is 13.1 Å². The summed E-state index contributed by atoms with van der Waals surface area (Å²) in [5, 5.41) is 9.30. The number of anilines is 1. The highest BCUT2D eigenvalue weighted by molar-refractivity contribution is 7.89. The van der Waals surface area contributed by atoms with Crippen LogP contribution in [0.5, 0.6) is 0 Å². The Bertz CT molecular complexity index is 622. The smallest absolute Gasteiger partial charge is 0.240 e. The fourth-order valence-corrected chi connectivity index (χ4v) is 3.99. The highest BCUT2D eigenvalue weighted by Crippen LogP contribution is 2.44. The monoisotopic (exact) mass is 312 g/mol. The third kappa shape index (κ3) is 3.39. The predicted molar refractivity (Wildman–Crippen MR) is 83.6 cm³/mol. The first kappa shape index (κ1) is 16.3. The van der Waals surface area contributed by atoms with E-state index in [1.807, 2.05) is 19.9 Å². The minimum atomic E-state index is -3.60. The topological polar surface area (TPSA) is 92.4 Å². The van der Waals surface area contributed by atoms with E-state index in [1.165, 1.54) is 0 Å². The third-order valence-corrected chi connectivity index (χ3v) is 5.75. The van der Waals surface area contributed by atoms with Crippen LogP contribution in [-0.4, -0.2) is 26.7 Å². The molecule has 118 valence electrons. The van der Waals surface area contributed by atoms with Crippen LogP contribution in [-0.2, 0) is 22.9 Å². The van der Waals surface area contributed by atoms with Crippen molar-refractivity contribution in [3.8, 4) is 0 Å². The van der Waals surface area contributed by atoms with Gasteiger partial charge in [0.1, 0.15) is 0 Å². The number of aliphatic hydroxyl groups is 1. The molecule has 0 spiro atoms. The van der Waals surface area contributed by atoms with Gasteiger partial charge in [-0.15, -0.1) is 0 Å². The van der Waals surface area contributed by atoms with E-state index in [0.29, 0.717) is 17.7 Å². The molecule has 0 aromatic heterocycles. The molecule has 0 amide bonds. The zero-order valence-corrected chi connectivity index (χ0v) is 13.5. The summed E-state index contributed by atoms with van der Waals surface area (Å²) in [6.45, 7) is 4.17. The Balaban J connectivity index is 2.32. The molecule has 0 aliphatic heterocycles. The van der Waals surface area contributed by atoms with E-state index >= 15 is 0 Å². The van der Waals surface area contributed by atoms with Crippen molar-refractivity contribution in [3.05, 3.63) is 23.3 Å². The first-order valence-electron chi connectivity index (χ1n) is 7.39. The number of aryl methyl sites for hydroxylation is 1. The molecule has 0 saturated heterocycles. The molecule has 0 heterocycles. The molecule has 2 rings (SSSR count). The first-order valence-corrected chi connectivity index (χ1v) is 8.87. The van der Waals surface area contributed by atoms with E-state index < -0.39 is 10.0 Å². The van der Waals surface area contributed by atoms with Crippen molar-refractivity contribution in [1.82, 2.24) is 4.72 Å². The maximum atomic E-state index is 12.6. The third-order valence-electron chi connectivity index (χ3n) is 4.28. The van der Waals surface area contributed by atoms with E-state index in [1.54, 1.807) is 6.07 Å². The van der Waals surface area contributed by atoms with Gasteiger partial charge in [0, 0.05) is 24.3 Å². The van der Waals surface area contributed by atoms with Crippen molar-refractivity contribution < 1.29 is 13.5 Å². The molecular weight excluding hydrogens is 288 g/mol. The largest absolute Gasteiger partial charge is 0.398 e. The van der Waals surface area contributed by atoms with Crippen LogP contribution in [0.2, 0.25) is 0 Å². The van der Waals surface area contributed by atoms with E-state index in [0.717, 1.165) is 24.8 Å². The van der Waals surface area contributed by atoms with Crippen LogP contribution < -0.4 is 10.5 Å². The highest BCUT2D eigenvalue weighted by atomic mass is 32.2. The van der Waals surface area contributed by atoms with Crippen LogP contribution in [0.15, 0.2) is 17.0 Å². The molecule has 5 nitrogen and oxygen atoms in total. The molecule has 1 aliphatic rings. The van der Waals surface area contributed by atoms with Gasteiger partial charge >= 0.3 is 0 Å². The number of nitrogens with one attached hydrogen (secondary N) is 1. The van der Waals surface area contributed by atoms with Gasteiger partial charge in [0.2, 0.25) is 10.0 Å². The Labute approximate surface area is 126 Å². The number of sulfonamides is 1. The fraction of sp³-hybridized carbons (Fsp3) is 0.600. The zero-order valence-electron chi connectivity index (χ0n) is 12.6. The van der Waals surface area contributed by atoms with Gasteiger partial charge in [-0.2, -0.15) is 0 Å². The number of nitrogen functional groups attached to an aromatic ring is 1. The SMILES string of the molecule is CCc1cc(N)c(CC)c(S(=O)(=O)NCC2(CO)CC2)c1. The molecule has 1 aromatic carbocycles. The highest BCUT2D eigenvalue weighted by Gasteiger charge is 2.42. The van der Waals surface area contributed by atoms with Crippen molar-refractivity contribution in [2.24, 2.45) is 5.41 Å². The van der Waals surface area contributed by atoms with Crippen LogP contribution in [0.3, 0.4) is 0 Å². The lowest BCUT2D eigenvalue weighted by Crippen LogP contribution is -2.32. The minimum Gasteiger partial charge on any atom is -0.398 e. The number of hydrogen-bond acceptors (Lipinski definition) is 4. The molecule has 0 radical (unpaired) electrons. The van der Waals surface area contributed by atoms with Crippen LogP contribution >= 0.6 is 0 Å². The summed E-state index contributed by atoms with van der Waals surface area (Å²) < 4.78 is 27.8. The Morgan fingerprint density at radius 3 is 2.43 bits per heavy atom. The zero-order chi connectivity index (χ0) is 15.7. The number of hydrogen-bond donors (Lipinski definition) is 3. The molecule has 1 saturated carbocycles. The van der Waals surface area contributed by atoms with Crippen LogP contribution in [0, 0.1) is 5.41 Å². The average Bonchev–Trinajstić information content (AvgIpc) is 3.25. The molecule has 4 N–H and O–H groups in total. The summed E-state index contributed by atoms with van der Waals surface area (Å²) in [6.07, 6.45) is 3.03. The molecule has 1 fully saturated rings. The molecule has 0 unspecified atom stereocenters. The molecule has 1 aromatic rings. The second-order valence-electron chi connectivity index (χ2n) is 5.85. The second kappa shape index (κ2) is 5.94. The lowest BCUT2D eigenvalue weighted by molar-refractivity contribution is 0.213. The Morgan fingerprint density at radius 2 is 1.95 bits per heavy atom. The summed E-state index contributed by atoms with van der Waals surface area (Å²) in [5.41, 5.74) is 7.84. The van der Waals surface area contributed by atoms with Crippen molar-refractivity contribution >= 4 is 15.7 Å². The standard InChI is InChI=1S/C15H24N2O3S/c1-3-11-7-13(16)12(4-2)14(8-11)21(19,20)17-9-15(10-18)5-6-15/h7-8,17-18H,3-6,9-10,16H2,1-2H3. The maximum absolute atomic E-state index is 12.6. The maximum Gasteiger partial charge on any atom is 0.240 e. The number of nitrogens with two attached hydrogens (primary N) is 1. The van der Waals surface area contributed by atoms with Crippen LogP contribution in [0.4, 0.5) is 5.69 Å². The van der Waals surface area contributed by atoms with Gasteiger partial charge in [-0.3, -0.25) is 0 Å². The predicted octanol–water partition coefficient (Wildman–Crippen LogP) is 1.44. The molecule has 21 heavy (non-hydrogen) atoms. The van der Waals surface area contributed by atoms with Gasteiger partial charge in [0.25, 0.3) is 0 Å². The lowest BCUT2D eigenvalue weighted by atomic mass is 10.1. The van der Waals surface area contributed by atoms with Crippen molar-refractivity contribution in [3.63, 3.8) is 0 Å². The summed E-state index contributed by atoms with van der Waals surface area (Å²) >= 11 is 0. The summed E-state index contributed by atoms with van der Waals surface area (Å²) in [4.78, 5) is 0.274. The fourth-order valence-electron chi connectivity index (χ4n) is 2.44. The van der Waals surface area contributed by atoms with Gasteiger partial charge in [-0.05, 0) is 48.9 Å². The van der Waals surface area contributed by atoms with Gasteiger partial charge in [0.05, 0.1) is 4.90 Å². The van der Waals surface area contributed by atoms with E-state index in [2.05, 4.69) is 4.72 Å². The minimum absolute atomic E-state index is 0.0211. The van der Waals surface area contributed by atoms with E-state index in [4.69, 9.17) is 5.73 Å². The molecule has 0 atom stereocenters. The number of rotatable bonds is 7. The first-order chi connectivity index (χ1) is 9.87. The molecular formula is C15H24N2O3S. The molecule has 1 aliphatic carbocycles. The van der Waals surface area contributed by atoms with Gasteiger partial charge in [-0.1, -0.05) is 13.8 Å². The van der Waals surface area contributed by atoms with E-state index in [-0.39, 0.29) is 23.5 Å². The van der Waals surface area contributed by atoms with Crippen LogP contribution in [0.25, 0.3) is 0 Å². The second-order valence-corrected chi connectivity index (χ2v) is 7.59. The Kier molecular flexibility index (Phi) is 4.60. The van der Waals surface area contributed by atoms with Crippen molar-refractivity contribution in [2.45, 2.75) is 44.4 Å². The lowest BCUT2D eigenvalue weighted by Gasteiger charge is -2.17. The van der Waals surface area contributed by atoms with Crippen molar-refractivity contribution in [1.29, 1.82) is 0 Å². The normalized spacial score (nSPS) is 16.9. The molecule has 0 bridgehead atoms. The summed E-state index contributed by atoms with van der Waals surface area (Å²) in [5.74, 6) is 0. The van der Waals surface area contributed by atoms with E-state index in [9.17, 15) is 13.5 Å². The van der Waals surface area contributed by atoms with Gasteiger partial charge in [0.15, 0.2) is 0 Å². The quantitative estimate of drug-likeness (QED) is 0.664. The Hall–Kier alpha value is -1.11. The van der Waals surface area contributed by atoms with Gasteiger partial charge < -0.3 is 10.8 Å². The number of benzene rings is 1. The Morgan fingerprint density at radius 1 is 1.29 bits per heavy atom. The summed E-state index contributed by atoms with van der Waals surface area (Å²) in [6, 6.07) is 3.55. The molecule has 6 heteroatoms. The summed E-state index contributed by atoms with van der Waals surface area (Å²) in [7, 11) is -3.60.